The van der Waals surface area contributed by atoms with E-state index in [0.717, 1.165) is 12.8 Å². The summed E-state index contributed by atoms with van der Waals surface area (Å²) in [6, 6.07) is 0. The van der Waals surface area contributed by atoms with Crippen LogP contribution in [-0.4, -0.2) is 40.2 Å². The smallest absolute Gasteiger partial charge is 0.325 e. The zero-order chi connectivity index (χ0) is 12.7. The Bertz CT molecular complexity index is 389. The van der Waals surface area contributed by atoms with E-state index in [0.29, 0.717) is 5.82 Å². The first-order chi connectivity index (χ1) is 8.17. The normalized spacial score (nSPS) is 10.0. The van der Waals surface area contributed by atoms with Gasteiger partial charge in [-0.15, -0.1) is 5.10 Å². The highest BCUT2D eigenvalue weighted by molar-refractivity contribution is 5.92. The predicted octanol–water partition coefficient (Wildman–Crippen LogP) is 0.0501. The second-order valence-electron chi connectivity index (χ2n) is 3.34. The lowest BCUT2D eigenvalue weighted by Gasteiger charge is -2.01. The molecule has 1 heterocycles. The summed E-state index contributed by atoms with van der Waals surface area (Å²) in [7, 11) is 0. The first kappa shape index (κ1) is 13.1. The van der Waals surface area contributed by atoms with Crippen LogP contribution in [0.3, 0.4) is 0 Å². The van der Waals surface area contributed by atoms with Crippen molar-refractivity contribution in [1.82, 2.24) is 20.5 Å². The average Bonchev–Trinajstić information content (AvgIpc) is 2.75. The van der Waals surface area contributed by atoms with Crippen molar-refractivity contribution in [3.8, 4) is 0 Å². The van der Waals surface area contributed by atoms with Gasteiger partial charge in [-0.05, 0) is 13.3 Å². The van der Waals surface area contributed by atoms with Crippen LogP contribution in [0.1, 0.15) is 36.7 Å². The van der Waals surface area contributed by atoms with Crippen LogP contribution in [0.2, 0.25) is 0 Å². The first-order valence-electron chi connectivity index (χ1n) is 5.52. The van der Waals surface area contributed by atoms with E-state index < -0.39 is 11.9 Å². The number of amides is 1. The third-order valence-corrected chi connectivity index (χ3v) is 1.92. The van der Waals surface area contributed by atoms with Crippen molar-refractivity contribution >= 4 is 11.9 Å². The fourth-order valence-electron chi connectivity index (χ4n) is 1.19. The second kappa shape index (κ2) is 6.62. The molecule has 0 radical (unpaired) electrons. The van der Waals surface area contributed by atoms with Crippen LogP contribution in [0.15, 0.2) is 0 Å². The van der Waals surface area contributed by atoms with Gasteiger partial charge in [0.05, 0.1) is 6.61 Å². The molecule has 0 aliphatic heterocycles. The fraction of sp³-hybridized carbons (Fsp3) is 0.600. The van der Waals surface area contributed by atoms with Gasteiger partial charge in [0.2, 0.25) is 5.82 Å². The number of esters is 1. The molecule has 0 spiro atoms. The van der Waals surface area contributed by atoms with Gasteiger partial charge >= 0.3 is 5.97 Å². The van der Waals surface area contributed by atoms with Crippen LogP contribution in [0.25, 0.3) is 0 Å². The topological polar surface area (TPSA) is 97.0 Å². The van der Waals surface area contributed by atoms with Crippen molar-refractivity contribution in [3.63, 3.8) is 0 Å². The number of hydrogen-bond acceptors (Lipinski definition) is 5. The molecule has 0 unspecified atom stereocenters. The van der Waals surface area contributed by atoms with E-state index in [9.17, 15) is 9.59 Å². The maximum absolute atomic E-state index is 11.5. The van der Waals surface area contributed by atoms with Gasteiger partial charge in [0.1, 0.15) is 12.4 Å². The Morgan fingerprint density at radius 1 is 1.41 bits per heavy atom. The Hall–Kier alpha value is -1.92. The summed E-state index contributed by atoms with van der Waals surface area (Å²) in [5.74, 6) is -0.270. The molecule has 0 bridgehead atoms. The third kappa shape index (κ3) is 4.21. The number of aryl methyl sites for hydroxylation is 1. The van der Waals surface area contributed by atoms with E-state index in [2.05, 4.69) is 25.2 Å². The Morgan fingerprint density at radius 3 is 2.82 bits per heavy atom. The number of aromatic amines is 1. The lowest BCUT2D eigenvalue weighted by molar-refractivity contribution is -0.141. The van der Waals surface area contributed by atoms with Gasteiger partial charge in [-0.25, -0.2) is 4.98 Å². The lowest BCUT2D eigenvalue weighted by Crippen LogP contribution is -2.31. The zero-order valence-corrected chi connectivity index (χ0v) is 9.95. The quantitative estimate of drug-likeness (QED) is 0.685. The van der Waals surface area contributed by atoms with E-state index in [-0.39, 0.29) is 19.0 Å². The molecular weight excluding hydrogens is 224 g/mol. The molecule has 0 atom stereocenters. The number of carbonyl (C=O) groups excluding carboxylic acids is 2. The number of nitrogens with zero attached hydrogens (tertiary/aromatic N) is 2. The van der Waals surface area contributed by atoms with Crippen molar-refractivity contribution in [2.45, 2.75) is 26.7 Å². The van der Waals surface area contributed by atoms with E-state index in [1.54, 1.807) is 6.92 Å². The standard InChI is InChI=1S/C10H16N4O3/c1-3-5-7-12-9(14-13-7)10(16)11-6-8(15)17-4-2/h3-6H2,1-2H3,(H,11,16)(H,12,13,14). The van der Waals surface area contributed by atoms with Crippen molar-refractivity contribution in [2.75, 3.05) is 13.2 Å². The summed E-state index contributed by atoms with van der Waals surface area (Å²) in [6.45, 7) is 3.81. The van der Waals surface area contributed by atoms with E-state index in [4.69, 9.17) is 0 Å². The summed E-state index contributed by atoms with van der Waals surface area (Å²) in [5.41, 5.74) is 0. The molecule has 1 aromatic rings. The van der Waals surface area contributed by atoms with Crippen LogP contribution >= 0.6 is 0 Å². The van der Waals surface area contributed by atoms with Crippen LogP contribution in [0.5, 0.6) is 0 Å². The summed E-state index contributed by atoms with van der Waals surface area (Å²) in [4.78, 5) is 26.5. The minimum absolute atomic E-state index is 0.0396. The highest BCUT2D eigenvalue weighted by Crippen LogP contribution is 1.96. The molecule has 94 valence electrons. The maximum atomic E-state index is 11.5. The van der Waals surface area contributed by atoms with E-state index in [1.165, 1.54) is 0 Å². The highest BCUT2D eigenvalue weighted by atomic mass is 16.5. The van der Waals surface area contributed by atoms with E-state index >= 15 is 0 Å². The molecule has 0 fully saturated rings. The number of carbonyl (C=O) groups is 2. The number of H-pyrrole nitrogens is 1. The summed E-state index contributed by atoms with van der Waals surface area (Å²) in [6.07, 6.45) is 1.65. The molecule has 0 saturated heterocycles. The molecule has 17 heavy (non-hydrogen) atoms. The molecule has 7 heteroatoms. The number of hydrogen-bond donors (Lipinski definition) is 2. The van der Waals surface area contributed by atoms with Crippen LogP contribution < -0.4 is 5.32 Å². The summed E-state index contributed by atoms with van der Waals surface area (Å²) >= 11 is 0. The van der Waals surface area contributed by atoms with Gasteiger partial charge in [-0.2, -0.15) is 0 Å². The predicted molar refractivity (Wildman–Crippen MR) is 59.3 cm³/mol. The number of rotatable bonds is 6. The lowest BCUT2D eigenvalue weighted by atomic mass is 10.3. The van der Waals surface area contributed by atoms with Crippen molar-refractivity contribution in [2.24, 2.45) is 0 Å². The van der Waals surface area contributed by atoms with Crippen molar-refractivity contribution in [1.29, 1.82) is 0 Å². The molecule has 7 nitrogen and oxygen atoms in total. The third-order valence-electron chi connectivity index (χ3n) is 1.92. The second-order valence-corrected chi connectivity index (χ2v) is 3.34. The fourth-order valence-corrected chi connectivity index (χ4v) is 1.19. The highest BCUT2D eigenvalue weighted by Gasteiger charge is 2.13. The molecule has 0 aromatic carbocycles. The van der Waals surface area contributed by atoms with Crippen molar-refractivity contribution < 1.29 is 14.3 Å². The molecule has 0 aliphatic carbocycles. The molecule has 0 saturated carbocycles. The number of aromatic nitrogens is 3. The summed E-state index contributed by atoms with van der Waals surface area (Å²) in [5, 5.41) is 8.80. The Balaban J connectivity index is 2.43. The van der Waals surface area contributed by atoms with Gasteiger partial charge in [0.15, 0.2) is 0 Å². The van der Waals surface area contributed by atoms with Crippen LogP contribution in [0, 0.1) is 0 Å². The van der Waals surface area contributed by atoms with Crippen LogP contribution in [-0.2, 0) is 16.0 Å². The van der Waals surface area contributed by atoms with Gasteiger partial charge in [-0.1, -0.05) is 6.92 Å². The Labute approximate surface area is 99.0 Å². The van der Waals surface area contributed by atoms with Crippen LogP contribution in [0.4, 0.5) is 0 Å². The van der Waals surface area contributed by atoms with Gasteiger partial charge in [-0.3, -0.25) is 14.7 Å². The minimum Gasteiger partial charge on any atom is -0.465 e. The molecular formula is C10H16N4O3. The van der Waals surface area contributed by atoms with E-state index in [1.807, 2.05) is 6.92 Å². The zero-order valence-electron chi connectivity index (χ0n) is 9.95. The van der Waals surface area contributed by atoms with Gasteiger partial charge in [0, 0.05) is 6.42 Å². The monoisotopic (exact) mass is 240 g/mol. The average molecular weight is 240 g/mol. The maximum Gasteiger partial charge on any atom is 0.325 e. The minimum atomic E-state index is -0.489. The SMILES string of the molecule is CCCc1nc(C(=O)NCC(=O)OCC)n[nH]1. The van der Waals surface area contributed by atoms with Crippen molar-refractivity contribution in [3.05, 3.63) is 11.6 Å². The molecule has 1 aromatic heterocycles. The van der Waals surface area contributed by atoms with Gasteiger partial charge < -0.3 is 10.1 Å². The molecule has 2 N–H and O–H groups in total. The van der Waals surface area contributed by atoms with Gasteiger partial charge in [0.25, 0.3) is 5.91 Å². The molecule has 1 rings (SSSR count). The largest absolute Gasteiger partial charge is 0.465 e. The molecule has 1 amide bonds. The Kier molecular flexibility index (Phi) is 5.12. The summed E-state index contributed by atoms with van der Waals surface area (Å²) < 4.78 is 4.67. The molecule has 0 aliphatic rings. The first-order valence-corrected chi connectivity index (χ1v) is 5.52. The Morgan fingerprint density at radius 2 is 2.18 bits per heavy atom. The number of nitrogens with one attached hydrogen (secondary N) is 2. The number of ether oxygens (including phenoxy) is 1.